The van der Waals surface area contributed by atoms with Crippen molar-refractivity contribution in [2.24, 2.45) is 17.6 Å². The van der Waals surface area contributed by atoms with Crippen LogP contribution in [0.25, 0.3) is 11.1 Å². The predicted octanol–water partition coefficient (Wildman–Crippen LogP) is 7.53. The second-order valence-corrected chi connectivity index (χ2v) is 9.31. The molecule has 0 spiro atoms. The Kier molecular flexibility index (Phi) is 6.37. The first-order valence-electron chi connectivity index (χ1n) is 11.4. The van der Waals surface area contributed by atoms with Gasteiger partial charge in [0.05, 0.1) is 0 Å². The molecule has 0 bridgehead atoms. The Hall–Kier alpha value is -2.09. The summed E-state index contributed by atoms with van der Waals surface area (Å²) in [6.45, 7) is 2.36. The molecule has 0 aliphatic heterocycles. The Morgan fingerprint density at radius 1 is 0.793 bits per heavy atom. The minimum absolute atomic E-state index is 0.0919. The van der Waals surface area contributed by atoms with Gasteiger partial charge in [-0.05, 0) is 91.2 Å². The molecule has 0 amide bonds. The second kappa shape index (κ2) is 9.15. The molecule has 2 aliphatic carbocycles. The number of hydrogen-bond acceptors (Lipinski definition) is 1. The molecule has 0 heterocycles. The third-order valence-electron chi connectivity index (χ3n) is 7.33. The lowest BCUT2D eigenvalue weighted by molar-refractivity contribution is 0.348. The summed E-state index contributed by atoms with van der Waals surface area (Å²) >= 11 is 0. The molecule has 0 saturated heterocycles. The van der Waals surface area contributed by atoms with Crippen molar-refractivity contribution < 1.29 is 4.39 Å². The molecule has 2 fully saturated rings. The van der Waals surface area contributed by atoms with Gasteiger partial charge in [0.25, 0.3) is 0 Å². The van der Waals surface area contributed by atoms with Crippen molar-refractivity contribution in [3.8, 4) is 11.1 Å². The minimum atomic E-state index is -0.0919. The van der Waals surface area contributed by atoms with Crippen LogP contribution >= 0.6 is 0 Å². The number of nitrogens with two attached hydrogens (primary N) is 1. The van der Waals surface area contributed by atoms with Gasteiger partial charge in [0.15, 0.2) is 0 Å². The molecule has 154 valence electrons. The van der Waals surface area contributed by atoms with E-state index in [4.69, 9.17) is 5.73 Å². The monoisotopic (exact) mass is 391 g/mol. The quantitative estimate of drug-likeness (QED) is 0.572. The molecule has 2 N–H and O–H groups in total. The average Bonchev–Trinajstić information content (AvgIpc) is 2.75. The van der Waals surface area contributed by atoms with E-state index in [0.717, 1.165) is 48.3 Å². The van der Waals surface area contributed by atoms with Crippen LogP contribution in [0, 0.1) is 17.7 Å². The molecule has 29 heavy (non-hydrogen) atoms. The zero-order valence-corrected chi connectivity index (χ0v) is 17.6. The number of hydrogen-bond donors (Lipinski definition) is 1. The van der Waals surface area contributed by atoms with E-state index >= 15 is 0 Å². The van der Waals surface area contributed by atoms with Gasteiger partial charge in [-0.2, -0.15) is 0 Å². The molecule has 1 nitrogen and oxygen atoms in total. The van der Waals surface area contributed by atoms with Gasteiger partial charge in [0, 0.05) is 5.56 Å². The zero-order chi connectivity index (χ0) is 20.2. The Bertz CT molecular complexity index is 822. The molecule has 2 aromatic carbocycles. The molecule has 0 unspecified atom stereocenters. The summed E-state index contributed by atoms with van der Waals surface area (Å²) in [5.41, 5.74) is 9.79. The van der Waals surface area contributed by atoms with Crippen LogP contribution in [0.5, 0.6) is 0 Å². The molecule has 0 aromatic heterocycles. The smallest absolute Gasteiger partial charge is 0.131 e. The van der Waals surface area contributed by atoms with Gasteiger partial charge in [-0.25, -0.2) is 4.39 Å². The van der Waals surface area contributed by atoms with E-state index in [1.165, 1.54) is 31.2 Å². The number of rotatable bonds is 4. The lowest BCUT2D eigenvalue weighted by Gasteiger charge is -2.27. The van der Waals surface area contributed by atoms with Gasteiger partial charge in [0.1, 0.15) is 5.82 Å². The van der Waals surface area contributed by atoms with E-state index in [1.807, 2.05) is 6.07 Å². The van der Waals surface area contributed by atoms with Gasteiger partial charge in [-0.1, -0.05) is 62.2 Å². The molecule has 2 saturated carbocycles. The normalized spacial score (nSPS) is 27.9. The Morgan fingerprint density at radius 3 is 2.00 bits per heavy atom. The maximum atomic E-state index is 15.0. The van der Waals surface area contributed by atoms with Crippen molar-refractivity contribution in [2.75, 3.05) is 0 Å². The van der Waals surface area contributed by atoms with Crippen LogP contribution < -0.4 is 5.73 Å². The first kappa shape index (κ1) is 20.2. The topological polar surface area (TPSA) is 26.0 Å². The van der Waals surface area contributed by atoms with Crippen molar-refractivity contribution in [3.05, 3.63) is 71.7 Å². The Morgan fingerprint density at radius 2 is 1.38 bits per heavy atom. The van der Waals surface area contributed by atoms with E-state index < -0.39 is 0 Å². The molecular weight excluding hydrogens is 357 g/mol. The van der Waals surface area contributed by atoms with Crippen molar-refractivity contribution in [1.29, 1.82) is 0 Å². The largest absolute Gasteiger partial charge is 0.405 e. The predicted molar refractivity (Wildman–Crippen MR) is 120 cm³/mol. The summed E-state index contributed by atoms with van der Waals surface area (Å²) in [7, 11) is 0. The third kappa shape index (κ3) is 4.74. The number of allylic oxidation sites excluding steroid dienone is 1. The molecule has 0 atom stereocenters. The van der Waals surface area contributed by atoms with Crippen molar-refractivity contribution in [1.82, 2.24) is 0 Å². The zero-order valence-electron chi connectivity index (χ0n) is 17.6. The van der Waals surface area contributed by atoms with Crippen LogP contribution in [0.15, 0.2) is 54.7 Å². The lowest BCUT2D eigenvalue weighted by atomic mass is 9.78. The van der Waals surface area contributed by atoms with Crippen molar-refractivity contribution >= 4 is 0 Å². The SMILES string of the molecule is CC1CCC(c2ccc(-c3ccc(C4CCC(/C=C/N)CC4)cc3F)cc2)CC1. The summed E-state index contributed by atoms with van der Waals surface area (Å²) in [4.78, 5) is 0. The van der Waals surface area contributed by atoms with E-state index in [-0.39, 0.29) is 5.82 Å². The first-order chi connectivity index (χ1) is 14.1. The summed E-state index contributed by atoms with van der Waals surface area (Å²) < 4.78 is 15.0. The van der Waals surface area contributed by atoms with E-state index in [9.17, 15) is 4.39 Å². The van der Waals surface area contributed by atoms with Crippen molar-refractivity contribution in [3.63, 3.8) is 0 Å². The van der Waals surface area contributed by atoms with E-state index in [1.54, 1.807) is 12.3 Å². The van der Waals surface area contributed by atoms with Crippen LogP contribution in [0.4, 0.5) is 4.39 Å². The van der Waals surface area contributed by atoms with Crippen LogP contribution in [0.2, 0.25) is 0 Å². The van der Waals surface area contributed by atoms with Gasteiger partial charge in [0.2, 0.25) is 0 Å². The number of benzene rings is 2. The standard InChI is InChI=1S/C27H34FN/c1-19-2-6-21(7-3-19)22-10-12-24(13-11-22)26-15-14-25(18-27(26)28)23-8-4-20(5-9-23)16-17-29/h10-21,23H,2-9,29H2,1H3/b17-16+. The van der Waals surface area contributed by atoms with Crippen LogP contribution in [-0.4, -0.2) is 0 Å². The second-order valence-electron chi connectivity index (χ2n) is 9.31. The summed E-state index contributed by atoms with van der Waals surface area (Å²) in [5.74, 6) is 2.51. The molecular formula is C27H34FN. The fourth-order valence-corrected chi connectivity index (χ4v) is 5.35. The molecule has 2 heteroatoms. The summed E-state index contributed by atoms with van der Waals surface area (Å²) in [5, 5.41) is 0. The highest BCUT2D eigenvalue weighted by atomic mass is 19.1. The maximum absolute atomic E-state index is 15.0. The Balaban J connectivity index is 1.44. The van der Waals surface area contributed by atoms with Gasteiger partial charge < -0.3 is 5.73 Å². The highest BCUT2D eigenvalue weighted by Gasteiger charge is 2.22. The first-order valence-corrected chi connectivity index (χ1v) is 11.4. The van der Waals surface area contributed by atoms with Crippen LogP contribution in [0.1, 0.15) is 81.3 Å². The van der Waals surface area contributed by atoms with Gasteiger partial charge in [-0.3, -0.25) is 0 Å². The lowest BCUT2D eigenvalue weighted by Crippen LogP contribution is -2.12. The molecule has 2 aliphatic rings. The minimum Gasteiger partial charge on any atom is -0.405 e. The van der Waals surface area contributed by atoms with Gasteiger partial charge in [-0.15, -0.1) is 0 Å². The third-order valence-corrected chi connectivity index (χ3v) is 7.33. The molecule has 4 rings (SSSR count). The highest BCUT2D eigenvalue weighted by molar-refractivity contribution is 5.65. The number of halogens is 1. The fourth-order valence-electron chi connectivity index (χ4n) is 5.35. The summed E-state index contributed by atoms with van der Waals surface area (Å²) in [6.07, 6.45) is 13.5. The van der Waals surface area contributed by atoms with Crippen LogP contribution in [0.3, 0.4) is 0 Å². The average molecular weight is 392 g/mol. The van der Waals surface area contributed by atoms with Gasteiger partial charge >= 0.3 is 0 Å². The van der Waals surface area contributed by atoms with E-state index in [2.05, 4.69) is 43.3 Å². The van der Waals surface area contributed by atoms with Crippen molar-refractivity contribution in [2.45, 2.75) is 70.1 Å². The Labute approximate surface area is 175 Å². The van der Waals surface area contributed by atoms with E-state index in [0.29, 0.717) is 17.8 Å². The molecule has 2 aromatic rings. The summed E-state index contributed by atoms with van der Waals surface area (Å²) in [6, 6.07) is 14.5. The van der Waals surface area contributed by atoms with Crippen LogP contribution in [-0.2, 0) is 0 Å². The maximum Gasteiger partial charge on any atom is 0.131 e. The highest BCUT2D eigenvalue weighted by Crippen LogP contribution is 2.39. The molecule has 0 radical (unpaired) electrons. The fraction of sp³-hybridized carbons (Fsp3) is 0.481.